The van der Waals surface area contributed by atoms with Gasteiger partial charge in [0.05, 0.1) is 0 Å². The van der Waals surface area contributed by atoms with Crippen molar-refractivity contribution in [1.82, 2.24) is 0 Å². The van der Waals surface area contributed by atoms with E-state index >= 15 is 0 Å². The molecule has 0 aromatic rings. The van der Waals surface area contributed by atoms with Crippen molar-refractivity contribution in [3.8, 4) is 0 Å². The summed E-state index contributed by atoms with van der Waals surface area (Å²) in [6, 6.07) is 1.29. The molecular formula is C11H28O2Si3. The fourth-order valence-electron chi connectivity index (χ4n) is 2.44. The Labute approximate surface area is 106 Å². The summed E-state index contributed by atoms with van der Waals surface area (Å²) in [4.78, 5) is 0. The molecule has 2 nitrogen and oxygen atoms in total. The summed E-state index contributed by atoms with van der Waals surface area (Å²) in [6.07, 6.45) is 2.40. The maximum Gasteiger partial charge on any atom is 0.190 e. The van der Waals surface area contributed by atoms with Gasteiger partial charge >= 0.3 is 0 Å². The summed E-state index contributed by atoms with van der Waals surface area (Å²) in [6.45, 7) is 13.8. The average Bonchev–Trinajstić information content (AvgIpc) is 1.97. The highest BCUT2D eigenvalue weighted by Crippen LogP contribution is 2.42. The van der Waals surface area contributed by atoms with Crippen LogP contribution in [0.1, 0.15) is 19.8 Å². The summed E-state index contributed by atoms with van der Waals surface area (Å²) >= 11 is 0. The molecule has 1 saturated heterocycles. The minimum atomic E-state index is -1.52. The minimum absolute atomic E-state index is 0.218. The number of rotatable bonds is 3. The van der Waals surface area contributed by atoms with Crippen molar-refractivity contribution in [2.45, 2.75) is 69.9 Å². The second-order valence-electron chi connectivity index (χ2n) is 6.90. The molecule has 2 unspecified atom stereocenters. The van der Waals surface area contributed by atoms with Crippen LogP contribution in [0.3, 0.4) is 0 Å². The third kappa shape index (κ3) is 3.80. The molecule has 0 amide bonds. The van der Waals surface area contributed by atoms with Gasteiger partial charge in [-0.15, -0.1) is 0 Å². The highest BCUT2D eigenvalue weighted by molar-refractivity contribution is 6.72. The lowest BCUT2D eigenvalue weighted by Crippen LogP contribution is -2.55. The van der Waals surface area contributed by atoms with Gasteiger partial charge in [-0.3, -0.25) is 0 Å². The highest BCUT2D eigenvalue weighted by atomic mass is 28.4. The topological polar surface area (TPSA) is 18.5 Å². The molecule has 96 valence electrons. The molecule has 0 saturated carbocycles. The van der Waals surface area contributed by atoms with E-state index in [0.29, 0.717) is 5.54 Å². The Balaban J connectivity index is 2.89. The Hall–Kier alpha value is 0.571. The molecule has 0 aliphatic carbocycles. The van der Waals surface area contributed by atoms with Gasteiger partial charge in [0, 0.05) is 10.2 Å². The van der Waals surface area contributed by atoms with Crippen LogP contribution in [0.15, 0.2) is 0 Å². The zero-order valence-corrected chi connectivity index (χ0v) is 16.0. The second-order valence-corrected chi connectivity index (χ2v) is 17.3. The predicted molar refractivity (Wildman–Crippen MR) is 79.1 cm³/mol. The molecule has 1 rings (SSSR count). The Morgan fingerprint density at radius 1 is 1.38 bits per heavy atom. The monoisotopic (exact) mass is 276 g/mol. The Kier molecular flexibility index (Phi) is 4.28. The van der Waals surface area contributed by atoms with Crippen molar-refractivity contribution < 1.29 is 8.85 Å². The summed E-state index contributed by atoms with van der Waals surface area (Å²) in [5.74, 6) is -0.218. The van der Waals surface area contributed by atoms with Crippen LogP contribution < -0.4 is 0 Å². The molecule has 0 bridgehead atoms. The van der Waals surface area contributed by atoms with Crippen molar-refractivity contribution in [1.29, 1.82) is 0 Å². The van der Waals surface area contributed by atoms with E-state index in [9.17, 15) is 0 Å². The first-order chi connectivity index (χ1) is 7.06. The van der Waals surface area contributed by atoms with Gasteiger partial charge < -0.3 is 8.85 Å². The Morgan fingerprint density at radius 2 is 1.94 bits per heavy atom. The molecule has 2 atom stereocenters. The quantitative estimate of drug-likeness (QED) is 0.738. The standard InChI is InChI=1S/C11H28O2Si3/c1-10(14)11(12-15(2,3)4)8-7-9-16(5,6)13-11/h10H,7-9H2,1-6,14H3. The van der Waals surface area contributed by atoms with Gasteiger partial charge in [-0.2, -0.15) is 0 Å². The fourth-order valence-corrected chi connectivity index (χ4v) is 7.38. The van der Waals surface area contributed by atoms with E-state index in [-0.39, 0.29) is 5.79 Å². The van der Waals surface area contributed by atoms with E-state index < -0.39 is 16.6 Å². The van der Waals surface area contributed by atoms with Crippen LogP contribution in [-0.4, -0.2) is 32.7 Å². The van der Waals surface area contributed by atoms with Gasteiger partial charge in [0.15, 0.2) is 16.6 Å². The van der Waals surface area contributed by atoms with Crippen molar-refractivity contribution in [2.75, 3.05) is 0 Å². The number of hydrogen-bond acceptors (Lipinski definition) is 2. The van der Waals surface area contributed by atoms with Crippen molar-refractivity contribution >= 4 is 26.9 Å². The lowest BCUT2D eigenvalue weighted by Gasteiger charge is -2.49. The molecule has 0 aromatic heterocycles. The number of hydrogen-bond donors (Lipinski definition) is 0. The van der Waals surface area contributed by atoms with Crippen molar-refractivity contribution in [3.05, 3.63) is 0 Å². The molecule has 1 aliphatic heterocycles. The molecule has 0 spiro atoms. The third-order valence-corrected chi connectivity index (χ3v) is 7.41. The molecule has 1 heterocycles. The fraction of sp³-hybridized carbons (Fsp3) is 1.00. The van der Waals surface area contributed by atoms with Gasteiger partial charge in [0.2, 0.25) is 0 Å². The lowest BCUT2D eigenvalue weighted by atomic mass is 10.1. The molecule has 16 heavy (non-hydrogen) atoms. The van der Waals surface area contributed by atoms with Crippen LogP contribution in [0.5, 0.6) is 0 Å². The highest BCUT2D eigenvalue weighted by Gasteiger charge is 2.46. The summed E-state index contributed by atoms with van der Waals surface area (Å²) in [5, 5.41) is 0. The van der Waals surface area contributed by atoms with E-state index in [1.165, 1.54) is 12.5 Å². The van der Waals surface area contributed by atoms with Crippen LogP contribution in [0, 0.1) is 0 Å². The van der Waals surface area contributed by atoms with Gasteiger partial charge in [-0.25, -0.2) is 0 Å². The second kappa shape index (κ2) is 4.68. The Bertz CT molecular complexity index is 244. The molecule has 1 aliphatic rings. The van der Waals surface area contributed by atoms with Crippen molar-refractivity contribution in [2.24, 2.45) is 0 Å². The minimum Gasteiger partial charge on any atom is -0.391 e. The van der Waals surface area contributed by atoms with E-state index in [2.05, 4.69) is 39.7 Å². The molecule has 0 aromatic carbocycles. The van der Waals surface area contributed by atoms with Crippen LogP contribution >= 0.6 is 0 Å². The van der Waals surface area contributed by atoms with E-state index in [4.69, 9.17) is 8.85 Å². The maximum absolute atomic E-state index is 6.48. The first-order valence-electron chi connectivity index (χ1n) is 6.47. The van der Waals surface area contributed by atoms with Gasteiger partial charge in [0.25, 0.3) is 0 Å². The zero-order valence-electron chi connectivity index (χ0n) is 12.0. The molecule has 0 radical (unpaired) electrons. The third-order valence-electron chi connectivity index (χ3n) is 3.11. The summed E-state index contributed by atoms with van der Waals surface area (Å²) in [5.41, 5.74) is 0.589. The maximum atomic E-state index is 6.48. The van der Waals surface area contributed by atoms with Gasteiger partial charge in [0.1, 0.15) is 5.79 Å². The smallest absolute Gasteiger partial charge is 0.190 e. The Morgan fingerprint density at radius 3 is 2.31 bits per heavy atom. The van der Waals surface area contributed by atoms with Crippen LogP contribution in [0.2, 0.25) is 44.3 Å². The first kappa shape index (κ1) is 14.6. The van der Waals surface area contributed by atoms with E-state index in [0.717, 1.165) is 16.7 Å². The molecule has 5 heteroatoms. The largest absolute Gasteiger partial charge is 0.391 e. The van der Waals surface area contributed by atoms with Crippen LogP contribution in [0.25, 0.3) is 0 Å². The van der Waals surface area contributed by atoms with Crippen LogP contribution in [-0.2, 0) is 8.85 Å². The van der Waals surface area contributed by atoms with Gasteiger partial charge in [-0.1, -0.05) is 6.92 Å². The molecule has 1 fully saturated rings. The predicted octanol–water partition coefficient (Wildman–Crippen LogP) is 2.72. The zero-order chi connectivity index (χ0) is 12.6. The summed E-state index contributed by atoms with van der Waals surface area (Å²) < 4.78 is 12.9. The average molecular weight is 277 g/mol. The van der Waals surface area contributed by atoms with E-state index in [1.807, 2.05) is 0 Å². The van der Waals surface area contributed by atoms with Crippen LogP contribution in [0.4, 0.5) is 0 Å². The summed E-state index contributed by atoms with van der Waals surface area (Å²) in [7, 11) is -1.84. The van der Waals surface area contributed by atoms with E-state index in [1.54, 1.807) is 0 Å². The van der Waals surface area contributed by atoms with Gasteiger partial charge in [-0.05, 0) is 57.2 Å². The lowest BCUT2D eigenvalue weighted by molar-refractivity contribution is -0.143. The van der Waals surface area contributed by atoms with Crippen molar-refractivity contribution in [3.63, 3.8) is 0 Å². The first-order valence-corrected chi connectivity index (χ1v) is 14.1. The SMILES string of the molecule is CC([SiH3])C1(O[Si](C)(C)C)CCC[Si](C)(C)O1. The molecule has 0 N–H and O–H groups in total. The molecular weight excluding hydrogens is 248 g/mol. The normalized spacial score (nSPS) is 32.6.